The van der Waals surface area contributed by atoms with E-state index in [4.69, 9.17) is 5.26 Å². The van der Waals surface area contributed by atoms with E-state index in [9.17, 15) is 0 Å². The Bertz CT molecular complexity index is 575. The summed E-state index contributed by atoms with van der Waals surface area (Å²) in [4.78, 5) is 4.30. The van der Waals surface area contributed by atoms with E-state index < -0.39 is 0 Å². The monoisotopic (exact) mass is 226 g/mol. The smallest absolute Gasteiger partial charge is 0.129 e. The van der Waals surface area contributed by atoms with Gasteiger partial charge in [-0.05, 0) is 32.4 Å². The van der Waals surface area contributed by atoms with E-state index >= 15 is 0 Å². The molecule has 0 amide bonds. The van der Waals surface area contributed by atoms with Crippen molar-refractivity contribution in [3.63, 3.8) is 0 Å². The van der Waals surface area contributed by atoms with Crippen LogP contribution in [0.15, 0.2) is 24.5 Å². The molecule has 2 aromatic heterocycles. The molecule has 0 aromatic carbocycles. The van der Waals surface area contributed by atoms with Crippen molar-refractivity contribution < 1.29 is 0 Å². The highest BCUT2D eigenvalue weighted by atomic mass is 15.3. The van der Waals surface area contributed by atoms with Gasteiger partial charge in [0.05, 0.1) is 11.3 Å². The lowest BCUT2D eigenvalue weighted by atomic mass is 10.1. The molecule has 0 spiro atoms. The molecule has 86 valence electrons. The number of rotatable bonds is 2. The maximum Gasteiger partial charge on any atom is 0.129 e. The minimum absolute atomic E-state index is 0.236. The van der Waals surface area contributed by atoms with Crippen LogP contribution in [-0.4, -0.2) is 14.8 Å². The Balaban J connectivity index is 2.60. The van der Waals surface area contributed by atoms with Crippen molar-refractivity contribution in [3.8, 4) is 17.5 Å². The second-order valence-electron chi connectivity index (χ2n) is 4.25. The molecular formula is C13H14N4. The van der Waals surface area contributed by atoms with Gasteiger partial charge in [0, 0.05) is 18.4 Å². The zero-order valence-corrected chi connectivity index (χ0v) is 10.2. The first-order valence-corrected chi connectivity index (χ1v) is 5.54. The second kappa shape index (κ2) is 4.38. The van der Waals surface area contributed by atoms with Gasteiger partial charge in [-0.2, -0.15) is 10.4 Å². The topological polar surface area (TPSA) is 54.5 Å². The Labute approximate surface area is 101 Å². The SMILES string of the molecule is Cc1cccnc1-c1nn(C(C)C)cc1C#N. The minimum Gasteiger partial charge on any atom is -0.268 e. The average Bonchev–Trinajstić information content (AvgIpc) is 2.73. The molecule has 0 radical (unpaired) electrons. The van der Waals surface area contributed by atoms with Crippen LogP contribution >= 0.6 is 0 Å². The largest absolute Gasteiger partial charge is 0.268 e. The van der Waals surface area contributed by atoms with Gasteiger partial charge in [0.25, 0.3) is 0 Å². The Morgan fingerprint density at radius 3 is 2.71 bits per heavy atom. The Morgan fingerprint density at radius 1 is 1.35 bits per heavy atom. The lowest BCUT2D eigenvalue weighted by Gasteiger charge is -2.04. The van der Waals surface area contributed by atoms with Gasteiger partial charge >= 0.3 is 0 Å². The van der Waals surface area contributed by atoms with E-state index in [0.29, 0.717) is 11.3 Å². The van der Waals surface area contributed by atoms with Crippen LogP contribution in [0.25, 0.3) is 11.4 Å². The maximum atomic E-state index is 9.13. The first-order chi connectivity index (χ1) is 8.13. The fraction of sp³-hybridized carbons (Fsp3) is 0.308. The van der Waals surface area contributed by atoms with Crippen LogP contribution in [0.1, 0.15) is 31.0 Å². The van der Waals surface area contributed by atoms with Gasteiger partial charge in [0.1, 0.15) is 11.8 Å². The van der Waals surface area contributed by atoms with Crippen LogP contribution < -0.4 is 0 Å². The Kier molecular flexibility index (Phi) is 2.92. The van der Waals surface area contributed by atoms with E-state index in [-0.39, 0.29) is 6.04 Å². The van der Waals surface area contributed by atoms with E-state index in [1.165, 1.54) is 0 Å². The first-order valence-electron chi connectivity index (χ1n) is 5.54. The van der Waals surface area contributed by atoms with Crippen molar-refractivity contribution in [2.75, 3.05) is 0 Å². The van der Waals surface area contributed by atoms with Gasteiger partial charge in [0.2, 0.25) is 0 Å². The van der Waals surface area contributed by atoms with Gasteiger partial charge in [-0.3, -0.25) is 9.67 Å². The average molecular weight is 226 g/mol. The molecule has 4 heteroatoms. The van der Waals surface area contributed by atoms with Crippen molar-refractivity contribution >= 4 is 0 Å². The maximum absolute atomic E-state index is 9.13. The third-order valence-corrected chi connectivity index (χ3v) is 2.62. The highest BCUT2D eigenvalue weighted by molar-refractivity contribution is 5.65. The van der Waals surface area contributed by atoms with Gasteiger partial charge in [-0.1, -0.05) is 6.07 Å². The van der Waals surface area contributed by atoms with Crippen molar-refractivity contribution in [3.05, 3.63) is 35.7 Å². The van der Waals surface area contributed by atoms with Crippen LogP contribution in [0, 0.1) is 18.3 Å². The van der Waals surface area contributed by atoms with E-state index in [0.717, 1.165) is 11.3 Å². The zero-order chi connectivity index (χ0) is 12.4. The first kappa shape index (κ1) is 11.3. The number of hydrogen-bond donors (Lipinski definition) is 0. The number of aryl methyl sites for hydroxylation is 1. The molecule has 0 aliphatic heterocycles. The molecule has 0 bridgehead atoms. The van der Waals surface area contributed by atoms with E-state index in [1.54, 1.807) is 17.1 Å². The standard InChI is InChI=1S/C13H14N4/c1-9(2)17-8-11(7-14)13(16-17)12-10(3)5-4-6-15-12/h4-6,8-9H,1-3H3. The summed E-state index contributed by atoms with van der Waals surface area (Å²) in [5.74, 6) is 0. The molecule has 0 fully saturated rings. The molecule has 0 aliphatic rings. The fourth-order valence-electron chi connectivity index (χ4n) is 1.65. The molecule has 0 saturated carbocycles. The Hall–Kier alpha value is -2.15. The lowest BCUT2D eigenvalue weighted by Crippen LogP contribution is -2.01. The molecule has 0 aliphatic carbocycles. The molecule has 2 aromatic rings. The summed E-state index contributed by atoms with van der Waals surface area (Å²) in [5.41, 5.74) is 3.04. The van der Waals surface area contributed by atoms with Crippen LogP contribution in [0.2, 0.25) is 0 Å². The van der Waals surface area contributed by atoms with Crippen LogP contribution in [-0.2, 0) is 0 Å². The number of hydrogen-bond acceptors (Lipinski definition) is 3. The van der Waals surface area contributed by atoms with Crippen molar-refractivity contribution in [2.45, 2.75) is 26.8 Å². The van der Waals surface area contributed by atoms with Crippen molar-refractivity contribution in [2.24, 2.45) is 0 Å². The number of aromatic nitrogens is 3. The van der Waals surface area contributed by atoms with Crippen LogP contribution in [0.4, 0.5) is 0 Å². The van der Waals surface area contributed by atoms with Crippen molar-refractivity contribution in [1.29, 1.82) is 5.26 Å². The zero-order valence-electron chi connectivity index (χ0n) is 10.2. The highest BCUT2D eigenvalue weighted by Gasteiger charge is 2.14. The van der Waals surface area contributed by atoms with Gasteiger partial charge in [0.15, 0.2) is 0 Å². The number of nitriles is 1. The molecule has 0 atom stereocenters. The molecular weight excluding hydrogens is 212 g/mol. The highest BCUT2D eigenvalue weighted by Crippen LogP contribution is 2.23. The minimum atomic E-state index is 0.236. The number of nitrogens with zero attached hydrogens (tertiary/aromatic N) is 4. The molecule has 0 saturated heterocycles. The van der Waals surface area contributed by atoms with E-state index in [1.807, 2.05) is 32.9 Å². The van der Waals surface area contributed by atoms with Gasteiger partial charge in [-0.25, -0.2) is 0 Å². The molecule has 17 heavy (non-hydrogen) atoms. The van der Waals surface area contributed by atoms with Gasteiger partial charge < -0.3 is 0 Å². The quantitative estimate of drug-likeness (QED) is 0.791. The van der Waals surface area contributed by atoms with E-state index in [2.05, 4.69) is 16.2 Å². The lowest BCUT2D eigenvalue weighted by molar-refractivity contribution is 0.533. The molecule has 0 unspecified atom stereocenters. The van der Waals surface area contributed by atoms with Crippen LogP contribution in [0.3, 0.4) is 0 Å². The normalized spacial score (nSPS) is 10.5. The predicted molar refractivity (Wildman–Crippen MR) is 65.3 cm³/mol. The Morgan fingerprint density at radius 2 is 2.12 bits per heavy atom. The van der Waals surface area contributed by atoms with Crippen LogP contribution in [0.5, 0.6) is 0 Å². The molecule has 4 nitrogen and oxygen atoms in total. The molecule has 2 heterocycles. The van der Waals surface area contributed by atoms with Crippen molar-refractivity contribution in [1.82, 2.24) is 14.8 Å². The summed E-state index contributed by atoms with van der Waals surface area (Å²) in [6.07, 6.45) is 3.49. The summed E-state index contributed by atoms with van der Waals surface area (Å²) >= 11 is 0. The third-order valence-electron chi connectivity index (χ3n) is 2.62. The van der Waals surface area contributed by atoms with Gasteiger partial charge in [-0.15, -0.1) is 0 Å². The number of pyridine rings is 1. The molecule has 0 N–H and O–H groups in total. The second-order valence-corrected chi connectivity index (χ2v) is 4.25. The summed E-state index contributed by atoms with van der Waals surface area (Å²) in [5, 5.41) is 13.6. The third kappa shape index (κ3) is 2.04. The summed E-state index contributed by atoms with van der Waals surface area (Å²) in [6, 6.07) is 6.26. The fourth-order valence-corrected chi connectivity index (χ4v) is 1.65. The summed E-state index contributed by atoms with van der Waals surface area (Å²) < 4.78 is 1.79. The summed E-state index contributed by atoms with van der Waals surface area (Å²) in [7, 11) is 0. The molecule has 2 rings (SSSR count). The predicted octanol–water partition coefficient (Wildman–Crippen LogP) is 2.71. The summed E-state index contributed by atoms with van der Waals surface area (Å²) in [6.45, 7) is 6.03.